The third kappa shape index (κ3) is 4.54. The largest absolute Gasteiger partial charge is 0.375 e. The lowest BCUT2D eigenvalue weighted by Crippen LogP contribution is -2.47. The van der Waals surface area contributed by atoms with Crippen LogP contribution in [0.25, 0.3) is 0 Å². The number of ether oxygens (including phenoxy) is 1. The van der Waals surface area contributed by atoms with Crippen molar-refractivity contribution in [3.8, 4) is 0 Å². The van der Waals surface area contributed by atoms with Crippen molar-refractivity contribution < 1.29 is 9.53 Å². The molecule has 2 heterocycles. The molecule has 6 heteroatoms. The van der Waals surface area contributed by atoms with E-state index in [4.69, 9.17) is 4.74 Å². The maximum Gasteiger partial charge on any atom is 0.222 e. The number of morpholine rings is 1. The molecule has 1 unspecified atom stereocenters. The molecule has 1 N–H and O–H groups in total. The number of carbonyl (C=O) groups excluding carboxylic acids is 1. The van der Waals surface area contributed by atoms with E-state index in [1.165, 1.54) is 0 Å². The number of amides is 1. The highest BCUT2D eigenvalue weighted by molar-refractivity contribution is 5.76. The van der Waals surface area contributed by atoms with Crippen LogP contribution in [-0.2, 0) is 23.1 Å². The van der Waals surface area contributed by atoms with E-state index in [9.17, 15) is 4.79 Å². The molecule has 1 fully saturated rings. The predicted molar refractivity (Wildman–Crippen MR) is 80.9 cm³/mol. The van der Waals surface area contributed by atoms with E-state index >= 15 is 0 Å². The quantitative estimate of drug-likeness (QED) is 0.874. The van der Waals surface area contributed by atoms with Crippen molar-refractivity contribution in [2.24, 2.45) is 7.05 Å². The molecule has 2 rings (SSSR count). The number of aryl methyl sites for hydroxylation is 2. The molecule has 1 amide bonds. The van der Waals surface area contributed by atoms with Crippen molar-refractivity contribution in [3.63, 3.8) is 0 Å². The van der Waals surface area contributed by atoms with Gasteiger partial charge in [-0.1, -0.05) is 0 Å². The Labute approximate surface area is 126 Å². The maximum absolute atomic E-state index is 12.0. The van der Waals surface area contributed by atoms with Gasteiger partial charge >= 0.3 is 0 Å². The Balaban J connectivity index is 1.78. The summed E-state index contributed by atoms with van der Waals surface area (Å²) in [5, 5.41) is 7.21. The SMILES string of the molecule is Cc1cc(CNC(=O)CC2CN(C(C)C)CCO2)n(C)n1. The Bertz CT molecular complexity index is 484. The zero-order valence-electron chi connectivity index (χ0n) is 13.4. The van der Waals surface area contributed by atoms with Crippen LogP contribution in [0.3, 0.4) is 0 Å². The van der Waals surface area contributed by atoms with Gasteiger partial charge in [0.05, 0.1) is 37.1 Å². The number of hydrogen-bond acceptors (Lipinski definition) is 4. The van der Waals surface area contributed by atoms with E-state index in [0.29, 0.717) is 25.6 Å². The molecule has 0 spiro atoms. The second-order valence-electron chi connectivity index (χ2n) is 5.96. The molecule has 1 aromatic heterocycles. The van der Waals surface area contributed by atoms with Gasteiger partial charge in [-0.05, 0) is 26.8 Å². The minimum atomic E-state index is -0.00516. The molecule has 0 aromatic carbocycles. The summed E-state index contributed by atoms with van der Waals surface area (Å²) in [7, 11) is 1.89. The van der Waals surface area contributed by atoms with Crippen molar-refractivity contribution in [1.82, 2.24) is 20.0 Å². The number of nitrogens with one attached hydrogen (secondary N) is 1. The zero-order chi connectivity index (χ0) is 15.4. The van der Waals surface area contributed by atoms with Gasteiger partial charge in [-0.15, -0.1) is 0 Å². The van der Waals surface area contributed by atoms with Crippen LogP contribution in [0.15, 0.2) is 6.07 Å². The molecular weight excluding hydrogens is 268 g/mol. The Hall–Kier alpha value is -1.40. The van der Waals surface area contributed by atoms with Gasteiger partial charge in [0.25, 0.3) is 0 Å². The lowest BCUT2D eigenvalue weighted by Gasteiger charge is -2.35. The van der Waals surface area contributed by atoms with Gasteiger partial charge < -0.3 is 10.1 Å². The van der Waals surface area contributed by atoms with Gasteiger partial charge in [0, 0.05) is 26.2 Å². The lowest BCUT2D eigenvalue weighted by molar-refractivity contribution is -0.126. The summed E-state index contributed by atoms with van der Waals surface area (Å²) in [5.74, 6) is 0.0319. The normalized spacial score (nSPS) is 20.0. The molecule has 1 atom stereocenters. The van der Waals surface area contributed by atoms with Crippen LogP contribution in [0, 0.1) is 6.92 Å². The van der Waals surface area contributed by atoms with E-state index < -0.39 is 0 Å². The number of nitrogens with zero attached hydrogens (tertiary/aromatic N) is 3. The highest BCUT2D eigenvalue weighted by Crippen LogP contribution is 2.11. The molecule has 0 radical (unpaired) electrons. The van der Waals surface area contributed by atoms with Crippen LogP contribution in [0.2, 0.25) is 0 Å². The Morgan fingerprint density at radius 1 is 1.57 bits per heavy atom. The lowest BCUT2D eigenvalue weighted by atomic mass is 10.1. The van der Waals surface area contributed by atoms with Crippen LogP contribution < -0.4 is 5.32 Å². The standard InChI is InChI=1S/C15H26N4O2/c1-11(2)19-5-6-21-14(10-19)8-15(20)16-9-13-7-12(3)17-18(13)4/h7,11,14H,5-6,8-10H2,1-4H3,(H,16,20). The maximum atomic E-state index is 12.0. The summed E-state index contributed by atoms with van der Waals surface area (Å²) in [6, 6.07) is 2.48. The number of aromatic nitrogens is 2. The molecule has 1 aromatic rings. The second-order valence-corrected chi connectivity index (χ2v) is 5.96. The van der Waals surface area contributed by atoms with E-state index in [2.05, 4.69) is 29.2 Å². The Morgan fingerprint density at radius 3 is 2.95 bits per heavy atom. The average Bonchev–Trinajstić information content (AvgIpc) is 2.75. The monoisotopic (exact) mass is 294 g/mol. The van der Waals surface area contributed by atoms with Gasteiger partial charge in [0.1, 0.15) is 0 Å². The third-order valence-electron chi connectivity index (χ3n) is 3.88. The molecule has 0 aliphatic carbocycles. The third-order valence-corrected chi connectivity index (χ3v) is 3.88. The molecule has 1 saturated heterocycles. The van der Waals surface area contributed by atoms with Crippen molar-refractivity contribution >= 4 is 5.91 Å². The highest BCUT2D eigenvalue weighted by Gasteiger charge is 2.24. The van der Waals surface area contributed by atoms with Gasteiger partial charge in [-0.2, -0.15) is 5.10 Å². The van der Waals surface area contributed by atoms with Gasteiger partial charge in [0.15, 0.2) is 0 Å². The fraction of sp³-hybridized carbons (Fsp3) is 0.733. The zero-order valence-corrected chi connectivity index (χ0v) is 13.4. The van der Waals surface area contributed by atoms with Crippen LogP contribution in [0.1, 0.15) is 31.7 Å². The summed E-state index contributed by atoms with van der Waals surface area (Å²) < 4.78 is 7.49. The Kier molecular flexibility index (Phi) is 5.36. The molecule has 21 heavy (non-hydrogen) atoms. The van der Waals surface area contributed by atoms with Crippen LogP contribution in [0.4, 0.5) is 0 Å². The van der Waals surface area contributed by atoms with Crippen LogP contribution in [0.5, 0.6) is 0 Å². The second kappa shape index (κ2) is 7.04. The van der Waals surface area contributed by atoms with E-state index in [-0.39, 0.29) is 12.0 Å². The smallest absolute Gasteiger partial charge is 0.222 e. The number of carbonyl (C=O) groups is 1. The topological polar surface area (TPSA) is 59.4 Å². The summed E-state index contributed by atoms with van der Waals surface area (Å²) >= 11 is 0. The number of hydrogen-bond donors (Lipinski definition) is 1. The molecule has 6 nitrogen and oxygen atoms in total. The minimum absolute atomic E-state index is 0.00516. The predicted octanol–water partition coefficient (Wildman–Crippen LogP) is 0.844. The van der Waals surface area contributed by atoms with Crippen LogP contribution >= 0.6 is 0 Å². The first-order valence-corrected chi connectivity index (χ1v) is 7.57. The fourth-order valence-electron chi connectivity index (χ4n) is 2.63. The minimum Gasteiger partial charge on any atom is -0.375 e. The highest BCUT2D eigenvalue weighted by atomic mass is 16.5. The van der Waals surface area contributed by atoms with Gasteiger partial charge in [-0.25, -0.2) is 0 Å². The summed E-state index contributed by atoms with van der Waals surface area (Å²) in [6.07, 6.45) is 0.412. The Morgan fingerprint density at radius 2 is 2.33 bits per heavy atom. The molecule has 0 bridgehead atoms. The first kappa shape index (κ1) is 16.0. The summed E-state index contributed by atoms with van der Waals surface area (Å²) in [4.78, 5) is 14.4. The first-order chi connectivity index (χ1) is 9.95. The molecule has 1 aliphatic heterocycles. The van der Waals surface area contributed by atoms with Crippen molar-refractivity contribution in [3.05, 3.63) is 17.5 Å². The number of rotatable bonds is 5. The van der Waals surface area contributed by atoms with Crippen molar-refractivity contribution in [2.45, 2.75) is 45.9 Å². The van der Waals surface area contributed by atoms with Crippen LogP contribution in [-0.4, -0.2) is 52.4 Å². The van der Waals surface area contributed by atoms with E-state index in [0.717, 1.165) is 24.5 Å². The van der Waals surface area contributed by atoms with Crippen molar-refractivity contribution in [2.75, 3.05) is 19.7 Å². The first-order valence-electron chi connectivity index (χ1n) is 7.57. The summed E-state index contributed by atoms with van der Waals surface area (Å²) in [6.45, 7) is 9.29. The van der Waals surface area contributed by atoms with E-state index in [1.807, 2.05) is 20.0 Å². The van der Waals surface area contributed by atoms with Gasteiger partial charge in [0.2, 0.25) is 5.91 Å². The molecule has 1 aliphatic rings. The average molecular weight is 294 g/mol. The van der Waals surface area contributed by atoms with Gasteiger partial charge in [-0.3, -0.25) is 14.4 Å². The molecule has 0 saturated carbocycles. The molecular formula is C15H26N4O2. The molecule has 118 valence electrons. The van der Waals surface area contributed by atoms with Crippen molar-refractivity contribution in [1.29, 1.82) is 0 Å². The fourth-order valence-corrected chi connectivity index (χ4v) is 2.63. The van der Waals surface area contributed by atoms with E-state index in [1.54, 1.807) is 4.68 Å². The summed E-state index contributed by atoms with van der Waals surface area (Å²) in [5.41, 5.74) is 1.97.